The number of anilines is 1. The fraction of sp³-hybridized carbons (Fsp3) is 0.333. The molecule has 0 saturated heterocycles. The Morgan fingerprint density at radius 3 is 2.68 bits per heavy atom. The zero-order valence-electron chi connectivity index (χ0n) is 11.7. The molecule has 0 bridgehead atoms. The van der Waals surface area contributed by atoms with Crippen molar-refractivity contribution in [1.29, 1.82) is 0 Å². The van der Waals surface area contributed by atoms with Gasteiger partial charge in [0.1, 0.15) is 0 Å². The molecule has 0 aliphatic rings. The van der Waals surface area contributed by atoms with Crippen molar-refractivity contribution in [2.45, 2.75) is 33.6 Å². The normalized spacial score (nSPS) is 10.8. The number of amides is 1. The van der Waals surface area contributed by atoms with Gasteiger partial charge in [-0.1, -0.05) is 31.5 Å². The van der Waals surface area contributed by atoms with Gasteiger partial charge in [-0.25, -0.2) is 4.98 Å². The van der Waals surface area contributed by atoms with Gasteiger partial charge in [0.2, 0.25) is 0 Å². The van der Waals surface area contributed by atoms with Gasteiger partial charge in [-0.3, -0.25) is 10.1 Å². The molecule has 0 unspecified atom stereocenters. The van der Waals surface area contributed by atoms with Crippen molar-refractivity contribution in [1.82, 2.24) is 4.98 Å². The van der Waals surface area contributed by atoms with Crippen LogP contribution < -0.4 is 5.32 Å². The van der Waals surface area contributed by atoms with Crippen LogP contribution in [0.3, 0.4) is 0 Å². The van der Waals surface area contributed by atoms with E-state index in [0.29, 0.717) is 16.6 Å². The van der Waals surface area contributed by atoms with Crippen molar-refractivity contribution < 1.29 is 4.79 Å². The van der Waals surface area contributed by atoms with Gasteiger partial charge < -0.3 is 0 Å². The molecular weight excluding hydrogens is 256 g/mol. The first-order valence-corrected chi connectivity index (χ1v) is 7.19. The lowest BCUT2D eigenvalue weighted by atomic mass is 10.1. The van der Waals surface area contributed by atoms with E-state index in [9.17, 15) is 4.79 Å². The third-order valence-electron chi connectivity index (χ3n) is 2.97. The van der Waals surface area contributed by atoms with Crippen LogP contribution >= 0.6 is 11.3 Å². The highest BCUT2D eigenvalue weighted by atomic mass is 32.1. The molecular formula is C15H18N2OS. The summed E-state index contributed by atoms with van der Waals surface area (Å²) in [5.41, 5.74) is 3.78. The molecule has 1 heterocycles. The molecule has 2 rings (SSSR count). The van der Waals surface area contributed by atoms with E-state index < -0.39 is 0 Å². The van der Waals surface area contributed by atoms with Crippen LogP contribution in [0.1, 0.15) is 46.9 Å². The second-order valence-corrected chi connectivity index (χ2v) is 5.86. The summed E-state index contributed by atoms with van der Waals surface area (Å²) in [5.74, 6) is 0.286. The molecule has 0 aliphatic carbocycles. The summed E-state index contributed by atoms with van der Waals surface area (Å²) in [4.78, 5) is 16.6. The third kappa shape index (κ3) is 3.20. The zero-order chi connectivity index (χ0) is 14.0. The summed E-state index contributed by atoms with van der Waals surface area (Å²) in [6, 6.07) is 5.87. The molecule has 0 saturated carbocycles. The van der Waals surface area contributed by atoms with Gasteiger partial charge in [-0.05, 0) is 31.4 Å². The number of nitrogens with zero attached hydrogens (tertiary/aromatic N) is 1. The number of hydrogen-bond donors (Lipinski definition) is 1. The first-order chi connectivity index (χ1) is 8.97. The highest BCUT2D eigenvalue weighted by Gasteiger charge is 2.12. The van der Waals surface area contributed by atoms with E-state index in [4.69, 9.17) is 0 Å². The van der Waals surface area contributed by atoms with E-state index >= 15 is 0 Å². The zero-order valence-corrected chi connectivity index (χ0v) is 12.5. The number of benzene rings is 1. The van der Waals surface area contributed by atoms with Gasteiger partial charge in [0.15, 0.2) is 5.13 Å². The molecule has 0 radical (unpaired) electrons. The van der Waals surface area contributed by atoms with E-state index in [2.05, 4.69) is 24.1 Å². The minimum atomic E-state index is -0.0918. The van der Waals surface area contributed by atoms with Gasteiger partial charge >= 0.3 is 0 Å². The molecule has 4 heteroatoms. The molecule has 0 aliphatic heterocycles. The Labute approximate surface area is 117 Å². The molecule has 100 valence electrons. The fourth-order valence-electron chi connectivity index (χ4n) is 1.75. The van der Waals surface area contributed by atoms with Gasteiger partial charge in [-0.2, -0.15) is 0 Å². The lowest BCUT2D eigenvalue weighted by Crippen LogP contribution is -2.13. The molecule has 1 aromatic carbocycles. The topological polar surface area (TPSA) is 42.0 Å². The van der Waals surface area contributed by atoms with E-state index in [1.807, 2.05) is 37.4 Å². The highest BCUT2D eigenvalue weighted by Crippen LogP contribution is 2.22. The highest BCUT2D eigenvalue weighted by molar-refractivity contribution is 7.14. The van der Waals surface area contributed by atoms with Crippen LogP contribution in [0.2, 0.25) is 0 Å². The number of aryl methyl sites for hydroxylation is 2. The van der Waals surface area contributed by atoms with Crippen LogP contribution in [0.5, 0.6) is 0 Å². The van der Waals surface area contributed by atoms with Crippen LogP contribution in [-0.2, 0) is 0 Å². The van der Waals surface area contributed by atoms with E-state index in [0.717, 1.165) is 16.8 Å². The predicted octanol–water partition coefficient (Wildman–Crippen LogP) is 4.14. The fourth-order valence-corrected chi connectivity index (χ4v) is 2.62. The number of carbonyl (C=O) groups is 1. The molecule has 0 fully saturated rings. The van der Waals surface area contributed by atoms with Crippen molar-refractivity contribution in [3.63, 3.8) is 0 Å². The lowest BCUT2D eigenvalue weighted by molar-refractivity contribution is 0.102. The summed E-state index contributed by atoms with van der Waals surface area (Å²) in [7, 11) is 0. The Hall–Kier alpha value is -1.68. The SMILES string of the molecule is Cc1ccc(C)c(C(=O)Nc2nc(C(C)C)cs2)c1. The van der Waals surface area contributed by atoms with Crippen molar-refractivity contribution >= 4 is 22.4 Å². The average Bonchev–Trinajstić information content (AvgIpc) is 2.80. The first kappa shape index (κ1) is 13.7. The average molecular weight is 274 g/mol. The van der Waals surface area contributed by atoms with Crippen LogP contribution in [-0.4, -0.2) is 10.9 Å². The molecule has 0 atom stereocenters. The first-order valence-electron chi connectivity index (χ1n) is 6.31. The standard InChI is InChI=1S/C15H18N2OS/c1-9(2)13-8-19-15(16-13)17-14(18)12-7-10(3)5-6-11(12)4/h5-9H,1-4H3,(H,16,17,18). The van der Waals surface area contributed by atoms with Gasteiger partial charge in [-0.15, -0.1) is 11.3 Å². The summed E-state index contributed by atoms with van der Waals surface area (Å²) in [6.45, 7) is 8.10. The summed E-state index contributed by atoms with van der Waals surface area (Å²) >= 11 is 1.47. The van der Waals surface area contributed by atoms with E-state index in [1.165, 1.54) is 11.3 Å². The Kier molecular flexibility index (Phi) is 4.00. The molecule has 2 aromatic rings. The third-order valence-corrected chi connectivity index (χ3v) is 3.75. The number of carbonyl (C=O) groups excluding carboxylic acids is 1. The molecule has 3 nitrogen and oxygen atoms in total. The smallest absolute Gasteiger partial charge is 0.257 e. The van der Waals surface area contributed by atoms with E-state index in [1.54, 1.807) is 0 Å². The van der Waals surface area contributed by atoms with Crippen LogP contribution in [0.15, 0.2) is 23.6 Å². The number of hydrogen-bond acceptors (Lipinski definition) is 3. The number of thiazole rings is 1. The second-order valence-electron chi connectivity index (χ2n) is 5.00. The van der Waals surface area contributed by atoms with Crippen molar-refractivity contribution in [2.75, 3.05) is 5.32 Å². The monoisotopic (exact) mass is 274 g/mol. The van der Waals surface area contributed by atoms with Gasteiger partial charge in [0.25, 0.3) is 5.91 Å². The Morgan fingerprint density at radius 2 is 2.05 bits per heavy atom. The van der Waals surface area contributed by atoms with E-state index in [-0.39, 0.29) is 5.91 Å². The quantitative estimate of drug-likeness (QED) is 0.914. The Balaban J connectivity index is 2.18. The summed E-state index contributed by atoms with van der Waals surface area (Å²) in [6.07, 6.45) is 0. The maximum atomic E-state index is 12.2. The molecule has 1 amide bonds. The van der Waals surface area contributed by atoms with Gasteiger partial charge in [0, 0.05) is 10.9 Å². The van der Waals surface area contributed by atoms with Crippen molar-refractivity contribution in [3.8, 4) is 0 Å². The second kappa shape index (κ2) is 5.53. The van der Waals surface area contributed by atoms with Crippen LogP contribution in [0.25, 0.3) is 0 Å². The molecule has 0 spiro atoms. The number of nitrogens with one attached hydrogen (secondary N) is 1. The van der Waals surface area contributed by atoms with Crippen molar-refractivity contribution in [3.05, 3.63) is 46.0 Å². The minimum Gasteiger partial charge on any atom is -0.298 e. The van der Waals surface area contributed by atoms with Crippen LogP contribution in [0.4, 0.5) is 5.13 Å². The summed E-state index contributed by atoms with van der Waals surface area (Å²) in [5, 5.41) is 5.52. The number of aromatic nitrogens is 1. The molecule has 19 heavy (non-hydrogen) atoms. The summed E-state index contributed by atoms with van der Waals surface area (Å²) < 4.78 is 0. The lowest BCUT2D eigenvalue weighted by Gasteiger charge is -2.06. The predicted molar refractivity (Wildman–Crippen MR) is 80.1 cm³/mol. The maximum Gasteiger partial charge on any atom is 0.257 e. The van der Waals surface area contributed by atoms with Crippen molar-refractivity contribution in [2.24, 2.45) is 0 Å². The van der Waals surface area contributed by atoms with Gasteiger partial charge in [0.05, 0.1) is 5.69 Å². The number of rotatable bonds is 3. The Morgan fingerprint density at radius 1 is 1.32 bits per heavy atom. The minimum absolute atomic E-state index is 0.0918. The maximum absolute atomic E-state index is 12.2. The molecule has 1 N–H and O–H groups in total. The molecule has 1 aromatic heterocycles. The van der Waals surface area contributed by atoms with Crippen LogP contribution in [0, 0.1) is 13.8 Å². The largest absolute Gasteiger partial charge is 0.298 e. The Bertz CT molecular complexity index is 602.